The Morgan fingerprint density at radius 2 is 1.48 bits per heavy atom. The zero-order chi connectivity index (χ0) is 15.5. The summed E-state index contributed by atoms with van der Waals surface area (Å²) >= 11 is 0. The van der Waals surface area contributed by atoms with Gasteiger partial charge in [0, 0.05) is 25.2 Å². The van der Waals surface area contributed by atoms with Crippen molar-refractivity contribution in [1.82, 2.24) is 9.80 Å². The van der Waals surface area contributed by atoms with Gasteiger partial charge in [0.05, 0.1) is 0 Å². The topological polar surface area (TPSA) is 6.48 Å². The Bertz CT molecular complexity index is 604. The van der Waals surface area contributed by atoms with E-state index in [4.69, 9.17) is 0 Å². The number of benzene rings is 2. The van der Waals surface area contributed by atoms with Gasteiger partial charge in [0.25, 0.3) is 0 Å². The Labute approximate surface area is 139 Å². The summed E-state index contributed by atoms with van der Waals surface area (Å²) in [6, 6.07) is 23.3. The largest absolute Gasteiger partial charge is 0.299 e. The summed E-state index contributed by atoms with van der Waals surface area (Å²) in [5.41, 5.74) is 2.90. The maximum Gasteiger partial charge on any atom is 0.0367 e. The van der Waals surface area contributed by atoms with Crippen LogP contribution in [0, 0.1) is 0 Å². The fourth-order valence-electron chi connectivity index (χ4n) is 4.27. The Morgan fingerprint density at radius 3 is 2.17 bits per heavy atom. The molecule has 2 heterocycles. The van der Waals surface area contributed by atoms with Crippen LogP contribution in [0.5, 0.6) is 0 Å². The van der Waals surface area contributed by atoms with Crippen LogP contribution in [0.1, 0.15) is 36.4 Å². The highest BCUT2D eigenvalue weighted by molar-refractivity contribution is 5.22. The van der Waals surface area contributed by atoms with Crippen LogP contribution in [0.4, 0.5) is 0 Å². The van der Waals surface area contributed by atoms with E-state index in [1.54, 1.807) is 0 Å². The van der Waals surface area contributed by atoms with Gasteiger partial charge >= 0.3 is 0 Å². The van der Waals surface area contributed by atoms with Crippen molar-refractivity contribution in [3.05, 3.63) is 71.8 Å². The molecular weight excluding hydrogens is 280 g/mol. The van der Waals surface area contributed by atoms with Crippen LogP contribution < -0.4 is 0 Å². The summed E-state index contributed by atoms with van der Waals surface area (Å²) in [5, 5.41) is 0. The van der Waals surface area contributed by atoms with Crippen molar-refractivity contribution in [2.45, 2.75) is 37.9 Å². The summed E-state index contributed by atoms with van der Waals surface area (Å²) < 4.78 is 0. The molecule has 4 rings (SSSR count). The lowest BCUT2D eigenvalue weighted by atomic mass is 10.0. The van der Waals surface area contributed by atoms with Gasteiger partial charge in [0.1, 0.15) is 0 Å². The summed E-state index contributed by atoms with van der Waals surface area (Å²) in [5.74, 6) is 0. The molecular formula is C21H26N2. The molecule has 23 heavy (non-hydrogen) atoms. The summed E-state index contributed by atoms with van der Waals surface area (Å²) in [7, 11) is 0. The van der Waals surface area contributed by atoms with Gasteiger partial charge in [0.15, 0.2) is 0 Å². The van der Waals surface area contributed by atoms with E-state index in [0.29, 0.717) is 6.04 Å². The fourth-order valence-corrected chi connectivity index (χ4v) is 4.27. The van der Waals surface area contributed by atoms with Crippen molar-refractivity contribution in [2.75, 3.05) is 19.6 Å². The molecule has 2 aromatic rings. The van der Waals surface area contributed by atoms with E-state index in [1.807, 2.05) is 0 Å². The Balaban J connectivity index is 1.55. The average molecular weight is 306 g/mol. The Hall–Kier alpha value is -1.64. The number of hydrogen-bond acceptors (Lipinski definition) is 2. The van der Waals surface area contributed by atoms with Crippen LogP contribution in [-0.2, 0) is 6.54 Å². The molecule has 2 aliphatic rings. The molecule has 0 radical (unpaired) electrons. The molecule has 2 aliphatic heterocycles. The zero-order valence-electron chi connectivity index (χ0n) is 13.8. The van der Waals surface area contributed by atoms with Gasteiger partial charge in [-0.1, -0.05) is 60.7 Å². The highest BCUT2D eigenvalue weighted by Crippen LogP contribution is 2.36. The normalized spacial score (nSPS) is 25.9. The van der Waals surface area contributed by atoms with Crippen LogP contribution in [-0.4, -0.2) is 35.5 Å². The second kappa shape index (κ2) is 6.86. The number of rotatable bonds is 4. The van der Waals surface area contributed by atoms with Crippen LogP contribution in [0.3, 0.4) is 0 Å². The van der Waals surface area contributed by atoms with Crippen molar-refractivity contribution in [3.63, 3.8) is 0 Å². The molecule has 2 atom stereocenters. The van der Waals surface area contributed by atoms with Gasteiger partial charge in [-0.3, -0.25) is 9.80 Å². The van der Waals surface area contributed by atoms with Gasteiger partial charge < -0.3 is 0 Å². The van der Waals surface area contributed by atoms with Crippen LogP contribution >= 0.6 is 0 Å². The number of hydrogen-bond donors (Lipinski definition) is 0. The predicted octanol–water partition coefficient (Wildman–Crippen LogP) is 4.10. The predicted molar refractivity (Wildman–Crippen MR) is 95.2 cm³/mol. The SMILES string of the molecule is c1ccc(CN2C[C@@H](N3CCCC3)C[C@@H]2c2ccccc2)cc1. The highest BCUT2D eigenvalue weighted by atomic mass is 15.3. The molecule has 0 N–H and O–H groups in total. The lowest BCUT2D eigenvalue weighted by Gasteiger charge is -2.25. The molecule has 0 saturated carbocycles. The maximum atomic E-state index is 2.72. The zero-order valence-corrected chi connectivity index (χ0v) is 13.8. The van der Waals surface area contributed by atoms with Gasteiger partial charge in [-0.25, -0.2) is 0 Å². The van der Waals surface area contributed by atoms with E-state index < -0.39 is 0 Å². The first-order chi connectivity index (χ1) is 11.4. The van der Waals surface area contributed by atoms with Gasteiger partial charge in [-0.2, -0.15) is 0 Å². The average Bonchev–Trinajstić information content (AvgIpc) is 3.26. The van der Waals surface area contributed by atoms with Crippen molar-refractivity contribution < 1.29 is 0 Å². The maximum absolute atomic E-state index is 2.72. The van der Waals surface area contributed by atoms with Gasteiger partial charge in [0.2, 0.25) is 0 Å². The van der Waals surface area contributed by atoms with Crippen molar-refractivity contribution in [2.24, 2.45) is 0 Å². The molecule has 0 spiro atoms. The molecule has 2 heteroatoms. The minimum absolute atomic E-state index is 0.557. The lowest BCUT2D eigenvalue weighted by molar-refractivity contribution is 0.217. The minimum Gasteiger partial charge on any atom is -0.299 e. The van der Waals surface area contributed by atoms with E-state index in [-0.39, 0.29) is 0 Å². The van der Waals surface area contributed by atoms with Gasteiger partial charge in [-0.05, 0) is 43.5 Å². The third kappa shape index (κ3) is 3.34. The molecule has 0 aromatic heterocycles. The van der Waals surface area contributed by atoms with E-state index in [2.05, 4.69) is 70.5 Å². The highest BCUT2D eigenvalue weighted by Gasteiger charge is 2.36. The summed E-state index contributed by atoms with van der Waals surface area (Å²) in [6.45, 7) is 4.86. The molecule has 2 saturated heterocycles. The molecule has 2 aromatic carbocycles. The first-order valence-corrected chi connectivity index (χ1v) is 8.97. The monoisotopic (exact) mass is 306 g/mol. The lowest BCUT2D eigenvalue weighted by Crippen LogP contribution is -2.35. The second-order valence-corrected chi connectivity index (χ2v) is 6.97. The van der Waals surface area contributed by atoms with Crippen LogP contribution in [0.2, 0.25) is 0 Å². The van der Waals surface area contributed by atoms with Crippen LogP contribution in [0.25, 0.3) is 0 Å². The first kappa shape index (κ1) is 14.9. The molecule has 0 amide bonds. The number of nitrogens with zero attached hydrogens (tertiary/aromatic N) is 2. The molecule has 0 bridgehead atoms. The molecule has 0 unspecified atom stereocenters. The van der Waals surface area contributed by atoms with Crippen molar-refractivity contribution in [3.8, 4) is 0 Å². The Morgan fingerprint density at radius 1 is 0.826 bits per heavy atom. The Kier molecular flexibility index (Phi) is 4.45. The third-order valence-electron chi connectivity index (χ3n) is 5.45. The molecule has 120 valence electrons. The minimum atomic E-state index is 0.557. The van der Waals surface area contributed by atoms with E-state index in [1.165, 1.54) is 50.0 Å². The summed E-state index contributed by atoms with van der Waals surface area (Å²) in [6.07, 6.45) is 4.03. The summed E-state index contributed by atoms with van der Waals surface area (Å²) in [4.78, 5) is 5.41. The van der Waals surface area contributed by atoms with E-state index in [0.717, 1.165) is 12.6 Å². The molecule has 0 aliphatic carbocycles. The first-order valence-electron chi connectivity index (χ1n) is 8.97. The number of likely N-dealkylation sites (tertiary alicyclic amines) is 2. The quantitative estimate of drug-likeness (QED) is 0.839. The molecule has 2 nitrogen and oxygen atoms in total. The standard InChI is InChI=1S/C21H26N2/c1-3-9-18(10-4-1)16-23-17-20(22-13-7-8-14-22)15-21(23)19-11-5-2-6-12-19/h1-6,9-12,20-21H,7-8,13-17H2/t20-,21+/m0/s1. The van der Waals surface area contributed by atoms with Crippen molar-refractivity contribution in [1.29, 1.82) is 0 Å². The molecule has 2 fully saturated rings. The second-order valence-electron chi connectivity index (χ2n) is 6.97. The van der Waals surface area contributed by atoms with Crippen LogP contribution in [0.15, 0.2) is 60.7 Å². The fraction of sp³-hybridized carbons (Fsp3) is 0.429. The van der Waals surface area contributed by atoms with Crippen molar-refractivity contribution >= 4 is 0 Å². The smallest absolute Gasteiger partial charge is 0.0367 e. The third-order valence-corrected chi connectivity index (χ3v) is 5.45. The van der Waals surface area contributed by atoms with E-state index in [9.17, 15) is 0 Å². The van der Waals surface area contributed by atoms with E-state index >= 15 is 0 Å². The van der Waals surface area contributed by atoms with Gasteiger partial charge in [-0.15, -0.1) is 0 Å².